The van der Waals surface area contributed by atoms with Gasteiger partial charge < -0.3 is 5.32 Å². The van der Waals surface area contributed by atoms with Gasteiger partial charge in [-0.1, -0.05) is 32.4 Å². The molecule has 148 valence electrons. The van der Waals surface area contributed by atoms with Gasteiger partial charge in [-0.15, -0.1) is 0 Å². The second-order valence-corrected chi connectivity index (χ2v) is 9.15. The Kier molecular flexibility index (Phi) is 4.57. The van der Waals surface area contributed by atoms with Crippen molar-refractivity contribution in [2.75, 3.05) is 6.54 Å². The summed E-state index contributed by atoms with van der Waals surface area (Å²) in [6, 6.07) is 4.45. The Balaban J connectivity index is 1.71. The van der Waals surface area contributed by atoms with Crippen molar-refractivity contribution in [1.82, 2.24) is 15.1 Å². The molecule has 2 bridgehead atoms. The number of ketones is 1. The lowest BCUT2D eigenvalue weighted by molar-refractivity contribution is -0.125. The van der Waals surface area contributed by atoms with Gasteiger partial charge in [-0.2, -0.15) is 5.10 Å². The molecule has 28 heavy (non-hydrogen) atoms. The zero-order valence-electron chi connectivity index (χ0n) is 16.2. The van der Waals surface area contributed by atoms with Crippen LogP contribution in [-0.2, 0) is 4.79 Å². The van der Waals surface area contributed by atoms with Gasteiger partial charge in [0.2, 0.25) is 0 Å². The van der Waals surface area contributed by atoms with Gasteiger partial charge in [0.15, 0.2) is 11.5 Å². The molecule has 1 N–H and O–H groups in total. The number of rotatable bonds is 4. The predicted octanol–water partition coefficient (Wildman–Crippen LogP) is 4.37. The first-order valence-electron chi connectivity index (χ1n) is 9.56. The van der Waals surface area contributed by atoms with Crippen molar-refractivity contribution < 1.29 is 14.0 Å². The van der Waals surface area contributed by atoms with Crippen LogP contribution >= 0.6 is 11.6 Å². The number of Topliss-reactive ketones (excluding diaryl/α,β-unsaturated/α-hetero) is 1. The summed E-state index contributed by atoms with van der Waals surface area (Å²) in [5, 5.41) is 7.50. The minimum Gasteiger partial charge on any atom is -0.344 e. The average molecular weight is 404 g/mol. The average Bonchev–Trinajstić information content (AvgIpc) is 3.31. The Hall–Kier alpha value is -2.21. The minimum absolute atomic E-state index is 0.0482. The van der Waals surface area contributed by atoms with Crippen molar-refractivity contribution in [3.05, 3.63) is 46.0 Å². The van der Waals surface area contributed by atoms with Crippen molar-refractivity contribution in [2.24, 2.45) is 5.41 Å². The SMILES string of the molecule is CC(C)(C)C(=O)CNC(=O)c1nn(-c2ccc(Cl)cc2F)c2c1[C@@H]1CC[C@@H]2C1. The molecule has 1 aromatic carbocycles. The molecule has 0 unspecified atom stereocenters. The third kappa shape index (κ3) is 3.13. The van der Waals surface area contributed by atoms with E-state index in [1.54, 1.807) is 16.8 Å². The van der Waals surface area contributed by atoms with Crippen LogP contribution in [0.1, 0.15) is 73.6 Å². The Labute approximate surface area is 168 Å². The Bertz CT molecular complexity index is 977. The van der Waals surface area contributed by atoms with Gasteiger partial charge in [-0.25, -0.2) is 9.07 Å². The molecule has 2 aliphatic rings. The summed E-state index contributed by atoms with van der Waals surface area (Å²) >= 11 is 5.88. The maximum atomic E-state index is 14.6. The van der Waals surface area contributed by atoms with E-state index >= 15 is 0 Å². The largest absolute Gasteiger partial charge is 0.344 e. The van der Waals surface area contributed by atoms with Crippen LogP contribution in [-0.4, -0.2) is 28.0 Å². The molecular formula is C21H23ClFN3O2. The number of carbonyl (C=O) groups excluding carboxylic acids is 2. The molecule has 4 rings (SSSR count). The van der Waals surface area contributed by atoms with E-state index in [1.807, 2.05) is 20.8 Å². The molecule has 0 saturated heterocycles. The molecule has 0 radical (unpaired) electrons. The fourth-order valence-corrected chi connectivity index (χ4v) is 4.40. The molecule has 2 aromatic rings. The minimum atomic E-state index is -0.528. The van der Waals surface area contributed by atoms with Crippen LogP contribution in [0, 0.1) is 11.2 Å². The molecule has 5 nitrogen and oxygen atoms in total. The highest BCUT2D eigenvalue weighted by atomic mass is 35.5. The smallest absolute Gasteiger partial charge is 0.272 e. The van der Waals surface area contributed by atoms with Crippen molar-refractivity contribution in [2.45, 2.75) is 51.9 Å². The number of fused-ring (bicyclic) bond motifs is 5. The lowest BCUT2D eigenvalue weighted by Gasteiger charge is -2.17. The van der Waals surface area contributed by atoms with Crippen molar-refractivity contribution in [1.29, 1.82) is 0 Å². The van der Waals surface area contributed by atoms with Crippen LogP contribution in [0.15, 0.2) is 18.2 Å². The molecular weight excluding hydrogens is 381 g/mol. The molecule has 1 aromatic heterocycles. The number of hydrogen-bond acceptors (Lipinski definition) is 3. The number of nitrogens with one attached hydrogen (secondary N) is 1. The predicted molar refractivity (Wildman–Crippen MR) is 105 cm³/mol. The van der Waals surface area contributed by atoms with E-state index in [9.17, 15) is 14.0 Å². The molecule has 2 aliphatic carbocycles. The van der Waals surface area contributed by atoms with Gasteiger partial charge in [-0.3, -0.25) is 9.59 Å². The van der Waals surface area contributed by atoms with E-state index in [4.69, 9.17) is 11.6 Å². The number of amides is 1. The van der Waals surface area contributed by atoms with Crippen LogP contribution in [0.5, 0.6) is 0 Å². The molecule has 0 spiro atoms. The van der Waals surface area contributed by atoms with Crippen LogP contribution in [0.4, 0.5) is 4.39 Å². The van der Waals surface area contributed by atoms with E-state index in [0.29, 0.717) is 10.7 Å². The van der Waals surface area contributed by atoms with E-state index in [0.717, 1.165) is 30.5 Å². The maximum Gasteiger partial charge on any atom is 0.272 e. The van der Waals surface area contributed by atoms with Crippen LogP contribution in [0.25, 0.3) is 5.69 Å². The van der Waals surface area contributed by atoms with Crippen molar-refractivity contribution >= 4 is 23.3 Å². The normalized spacial score (nSPS) is 20.3. The van der Waals surface area contributed by atoms with Crippen LogP contribution in [0.3, 0.4) is 0 Å². The topological polar surface area (TPSA) is 64.0 Å². The molecule has 1 fully saturated rings. The first-order valence-corrected chi connectivity index (χ1v) is 9.94. The number of hydrogen-bond donors (Lipinski definition) is 1. The summed E-state index contributed by atoms with van der Waals surface area (Å²) in [5.41, 5.74) is 1.90. The molecule has 1 heterocycles. The quantitative estimate of drug-likeness (QED) is 0.824. The number of carbonyl (C=O) groups is 2. The number of benzene rings is 1. The zero-order chi connectivity index (χ0) is 20.2. The van der Waals surface area contributed by atoms with Crippen molar-refractivity contribution in [3.63, 3.8) is 0 Å². The van der Waals surface area contributed by atoms with Gasteiger partial charge in [0, 0.05) is 21.9 Å². The number of aromatic nitrogens is 2. The third-order valence-electron chi connectivity index (χ3n) is 5.79. The molecule has 7 heteroatoms. The fourth-order valence-electron chi connectivity index (χ4n) is 4.24. The molecule has 0 aliphatic heterocycles. The van der Waals surface area contributed by atoms with Gasteiger partial charge >= 0.3 is 0 Å². The van der Waals surface area contributed by atoms with Crippen LogP contribution in [0.2, 0.25) is 5.02 Å². The van der Waals surface area contributed by atoms with E-state index in [1.165, 1.54) is 6.07 Å². The second-order valence-electron chi connectivity index (χ2n) is 8.72. The molecule has 1 saturated carbocycles. The highest BCUT2D eigenvalue weighted by molar-refractivity contribution is 6.30. The van der Waals surface area contributed by atoms with Gasteiger partial charge in [-0.05, 0) is 43.4 Å². The lowest BCUT2D eigenvalue weighted by Crippen LogP contribution is -2.36. The van der Waals surface area contributed by atoms with E-state index in [2.05, 4.69) is 10.4 Å². The highest BCUT2D eigenvalue weighted by Gasteiger charge is 2.44. The van der Waals surface area contributed by atoms with Gasteiger partial charge in [0.1, 0.15) is 11.5 Å². The Morgan fingerprint density at radius 2 is 2.00 bits per heavy atom. The van der Waals surface area contributed by atoms with Crippen LogP contribution < -0.4 is 5.32 Å². The summed E-state index contributed by atoms with van der Waals surface area (Å²) in [6.07, 6.45) is 2.99. The molecule has 2 atom stereocenters. The van der Waals surface area contributed by atoms with E-state index < -0.39 is 11.2 Å². The summed E-state index contributed by atoms with van der Waals surface area (Å²) in [6.45, 7) is 5.40. The lowest BCUT2D eigenvalue weighted by atomic mass is 9.91. The molecule has 1 amide bonds. The Morgan fingerprint density at radius 3 is 2.68 bits per heavy atom. The monoisotopic (exact) mass is 403 g/mol. The van der Waals surface area contributed by atoms with E-state index in [-0.39, 0.29) is 35.8 Å². The van der Waals surface area contributed by atoms with Crippen molar-refractivity contribution in [3.8, 4) is 5.69 Å². The first kappa shape index (κ1) is 19.1. The number of nitrogens with zero attached hydrogens (tertiary/aromatic N) is 2. The summed E-state index contributed by atoms with van der Waals surface area (Å²) in [4.78, 5) is 25.0. The zero-order valence-corrected chi connectivity index (χ0v) is 16.9. The van der Waals surface area contributed by atoms with Gasteiger partial charge in [0.25, 0.3) is 5.91 Å². The van der Waals surface area contributed by atoms with Gasteiger partial charge in [0.05, 0.1) is 12.2 Å². The summed E-state index contributed by atoms with van der Waals surface area (Å²) < 4.78 is 16.1. The standard InChI is InChI=1S/C21H23ClFN3O2/c1-21(2,3)16(27)10-24-20(28)18-17-11-4-5-12(8-11)19(17)26(25-18)15-7-6-13(22)9-14(15)23/h6-7,9,11-12H,4-5,8,10H2,1-3H3,(H,24,28)/t11-,12-/m1/s1. The highest BCUT2D eigenvalue weighted by Crippen LogP contribution is 2.54. The Morgan fingerprint density at radius 1 is 1.29 bits per heavy atom. The number of halogens is 2. The summed E-state index contributed by atoms with van der Waals surface area (Å²) in [5.74, 6) is -0.365. The fraction of sp³-hybridized carbons (Fsp3) is 0.476. The third-order valence-corrected chi connectivity index (χ3v) is 6.02. The summed E-state index contributed by atoms with van der Waals surface area (Å²) in [7, 11) is 0. The second kappa shape index (κ2) is 6.69. The first-order chi connectivity index (χ1) is 13.2. The maximum absolute atomic E-state index is 14.6.